The summed E-state index contributed by atoms with van der Waals surface area (Å²) in [6.07, 6.45) is 0.836. The Morgan fingerprint density at radius 3 is 2.54 bits per heavy atom. The normalized spacial score (nSPS) is 11.8. The number of hydrogen-bond donors (Lipinski definition) is 1. The lowest BCUT2D eigenvalue weighted by molar-refractivity contribution is -0.119. The zero-order valence-corrected chi connectivity index (χ0v) is 15.7. The third kappa shape index (κ3) is 5.18. The van der Waals surface area contributed by atoms with Crippen molar-refractivity contribution < 1.29 is 9.53 Å². The third-order valence-electron chi connectivity index (χ3n) is 3.75. The van der Waals surface area contributed by atoms with Crippen LogP contribution < -0.4 is 10.1 Å². The Labute approximate surface area is 152 Å². The summed E-state index contributed by atoms with van der Waals surface area (Å²) in [5.41, 5.74) is 2.17. The first-order valence-corrected chi connectivity index (χ1v) is 9.22. The van der Waals surface area contributed by atoms with Crippen molar-refractivity contribution in [3.05, 3.63) is 58.6 Å². The highest BCUT2D eigenvalue weighted by Crippen LogP contribution is 2.25. The lowest BCUT2D eigenvalue weighted by Crippen LogP contribution is -2.29. The molecule has 3 nitrogen and oxygen atoms in total. The molecular weight excluding hydrogens is 342 g/mol. The third-order valence-corrected chi connectivity index (χ3v) is 5.01. The highest BCUT2D eigenvalue weighted by molar-refractivity contribution is 8.00. The summed E-state index contributed by atoms with van der Waals surface area (Å²) in [4.78, 5) is 13.3. The van der Waals surface area contributed by atoms with Crippen LogP contribution in [0.25, 0.3) is 0 Å². The lowest BCUT2D eigenvalue weighted by atomic mass is 10.0. The Morgan fingerprint density at radius 1 is 1.25 bits per heavy atom. The molecule has 5 heteroatoms. The van der Waals surface area contributed by atoms with Gasteiger partial charge in [-0.05, 0) is 54.8 Å². The van der Waals surface area contributed by atoms with Gasteiger partial charge in [0.05, 0.1) is 18.9 Å². The summed E-state index contributed by atoms with van der Waals surface area (Å²) >= 11 is 7.37. The molecule has 0 radical (unpaired) electrons. The van der Waals surface area contributed by atoms with Crippen molar-refractivity contribution in [2.24, 2.45) is 0 Å². The fraction of sp³-hybridized carbons (Fsp3) is 0.316. The van der Waals surface area contributed by atoms with Gasteiger partial charge in [-0.1, -0.05) is 30.7 Å². The number of amides is 1. The molecule has 2 aromatic carbocycles. The standard InChI is InChI=1S/C19H22ClNO2S/c1-4-17(14-5-10-18(23-3)13(2)11-14)21-19(22)12-24-16-8-6-15(20)7-9-16/h5-11,17H,4,12H2,1-3H3,(H,21,22)/t17-/m1/s1. The van der Waals surface area contributed by atoms with Gasteiger partial charge in [-0.15, -0.1) is 11.8 Å². The van der Waals surface area contributed by atoms with E-state index in [1.165, 1.54) is 11.8 Å². The number of hydrogen-bond acceptors (Lipinski definition) is 3. The van der Waals surface area contributed by atoms with Crippen molar-refractivity contribution in [2.75, 3.05) is 12.9 Å². The van der Waals surface area contributed by atoms with E-state index in [0.717, 1.165) is 28.2 Å². The van der Waals surface area contributed by atoms with Gasteiger partial charge < -0.3 is 10.1 Å². The van der Waals surface area contributed by atoms with E-state index in [1.54, 1.807) is 7.11 Å². The highest BCUT2D eigenvalue weighted by Gasteiger charge is 2.14. The van der Waals surface area contributed by atoms with Gasteiger partial charge in [-0.3, -0.25) is 4.79 Å². The van der Waals surface area contributed by atoms with Crippen LogP contribution in [0.4, 0.5) is 0 Å². The molecule has 0 heterocycles. The van der Waals surface area contributed by atoms with E-state index in [1.807, 2.05) is 43.3 Å². The molecule has 0 saturated carbocycles. The zero-order chi connectivity index (χ0) is 17.5. The second kappa shape index (κ2) is 9.00. The van der Waals surface area contributed by atoms with E-state index in [2.05, 4.69) is 18.3 Å². The van der Waals surface area contributed by atoms with E-state index < -0.39 is 0 Å². The second-order valence-corrected chi connectivity index (χ2v) is 6.99. The molecule has 1 amide bonds. The smallest absolute Gasteiger partial charge is 0.230 e. The first kappa shape index (κ1) is 18.7. The van der Waals surface area contributed by atoms with Crippen LogP contribution in [-0.2, 0) is 4.79 Å². The molecule has 0 fully saturated rings. The quantitative estimate of drug-likeness (QED) is 0.702. The molecule has 0 unspecified atom stereocenters. The van der Waals surface area contributed by atoms with E-state index in [9.17, 15) is 4.79 Å². The van der Waals surface area contributed by atoms with E-state index in [-0.39, 0.29) is 11.9 Å². The van der Waals surface area contributed by atoms with Gasteiger partial charge in [0.1, 0.15) is 5.75 Å². The molecule has 2 aromatic rings. The Kier molecular flexibility index (Phi) is 7.00. The van der Waals surface area contributed by atoms with Gasteiger partial charge in [0.2, 0.25) is 5.91 Å². The molecular formula is C19H22ClNO2S. The maximum absolute atomic E-state index is 12.3. The molecule has 0 aliphatic heterocycles. The number of methoxy groups -OCH3 is 1. The minimum Gasteiger partial charge on any atom is -0.496 e. The van der Waals surface area contributed by atoms with Crippen LogP contribution in [0.5, 0.6) is 5.75 Å². The SMILES string of the molecule is CC[C@@H](NC(=O)CSc1ccc(Cl)cc1)c1ccc(OC)c(C)c1. The lowest BCUT2D eigenvalue weighted by Gasteiger charge is -2.19. The molecule has 0 aliphatic rings. The second-order valence-electron chi connectivity index (χ2n) is 5.50. The van der Waals surface area contributed by atoms with Gasteiger partial charge in [0.25, 0.3) is 0 Å². The minimum atomic E-state index is 0.00734. The number of nitrogens with one attached hydrogen (secondary N) is 1. The zero-order valence-electron chi connectivity index (χ0n) is 14.1. The van der Waals surface area contributed by atoms with Crippen LogP contribution in [0.2, 0.25) is 5.02 Å². The predicted octanol–water partition coefficient (Wildman–Crippen LogP) is 5.02. The Hall–Kier alpha value is -1.65. The maximum atomic E-state index is 12.3. The summed E-state index contributed by atoms with van der Waals surface area (Å²) in [6.45, 7) is 4.07. The Bertz CT molecular complexity index is 688. The van der Waals surface area contributed by atoms with Gasteiger partial charge in [0, 0.05) is 9.92 Å². The molecule has 0 bridgehead atoms. The molecule has 24 heavy (non-hydrogen) atoms. The van der Waals surface area contributed by atoms with E-state index >= 15 is 0 Å². The van der Waals surface area contributed by atoms with E-state index in [4.69, 9.17) is 16.3 Å². The molecule has 0 aliphatic carbocycles. The van der Waals surface area contributed by atoms with Gasteiger partial charge in [-0.2, -0.15) is 0 Å². The minimum absolute atomic E-state index is 0.00734. The number of carbonyl (C=O) groups excluding carboxylic acids is 1. The average Bonchev–Trinajstić information content (AvgIpc) is 2.59. The number of carbonyl (C=O) groups is 1. The van der Waals surface area contributed by atoms with Gasteiger partial charge in [-0.25, -0.2) is 0 Å². The first-order valence-electron chi connectivity index (χ1n) is 7.85. The molecule has 0 spiro atoms. The fourth-order valence-electron chi connectivity index (χ4n) is 2.46. The summed E-state index contributed by atoms with van der Waals surface area (Å²) in [5, 5.41) is 3.80. The fourth-order valence-corrected chi connectivity index (χ4v) is 3.29. The molecule has 1 atom stereocenters. The Morgan fingerprint density at radius 2 is 1.96 bits per heavy atom. The van der Waals surface area contributed by atoms with Crippen LogP contribution in [0.15, 0.2) is 47.4 Å². The summed E-state index contributed by atoms with van der Waals surface area (Å²) in [6, 6.07) is 13.5. The number of benzene rings is 2. The summed E-state index contributed by atoms with van der Waals surface area (Å²) in [7, 11) is 1.66. The molecule has 128 valence electrons. The molecule has 1 N–H and O–H groups in total. The van der Waals surface area contributed by atoms with Gasteiger partial charge >= 0.3 is 0 Å². The number of rotatable bonds is 7. The van der Waals surface area contributed by atoms with Crippen molar-refractivity contribution in [3.63, 3.8) is 0 Å². The van der Waals surface area contributed by atoms with Crippen LogP contribution in [0.3, 0.4) is 0 Å². The summed E-state index contributed by atoms with van der Waals surface area (Å²) in [5.74, 6) is 1.27. The predicted molar refractivity (Wildman–Crippen MR) is 101 cm³/mol. The average molecular weight is 364 g/mol. The topological polar surface area (TPSA) is 38.3 Å². The highest BCUT2D eigenvalue weighted by atomic mass is 35.5. The first-order chi connectivity index (χ1) is 11.5. The monoisotopic (exact) mass is 363 g/mol. The van der Waals surface area contributed by atoms with Gasteiger partial charge in [0.15, 0.2) is 0 Å². The van der Waals surface area contributed by atoms with Crippen LogP contribution >= 0.6 is 23.4 Å². The van der Waals surface area contributed by atoms with Crippen LogP contribution in [-0.4, -0.2) is 18.8 Å². The number of thioether (sulfide) groups is 1. The molecule has 2 rings (SSSR count). The number of ether oxygens (including phenoxy) is 1. The summed E-state index contributed by atoms with van der Waals surface area (Å²) < 4.78 is 5.29. The Balaban J connectivity index is 1.95. The largest absolute Gasteiger partial charge is 0.496 e. The van der Waals surface area contributed by atoms with Crippen LogP contribution in [0, 0.1) is 6.92 Å². The van der Waals surface area contributed by atoms with Crippen molar-refractivity contribution in [1.82, 2.24) is 5.32 Å². The van der Waals surface area contributed by atoms with Crippen molar-refractivity contribution in [2.45, 2.75) is 31.2 Å². The molecule has 0 saturated heterocycles. The molecule has 0 aromatic heterocycles. The number of halogens is 1. The van der Waals surface area contributed by atoms with Crippen molar-refractivity contribution in [1.29, 1.82) is 0 Å². The van der Waals surface area contributed by atoms with Crippen molar-refractivity contribution in [3.8, 4) is 5.75 Å². The van der Waals surface area contributed by atoms with E-state index in [0.29, 0.717) is 10.8 Å². The number of aryl methyl sites for hydroxylation is 1. The van der Waals surface area contributed by atoms with Crippen LogP contribution in [0.1, 0.15) is 30.5 Å². The van der Waals surface area contributed by atoms with Crippen molar-refractivity contribution >= 4 is 29.3 Å². The maximum Gasteiger partial charge on any atom is 0.230 e.